The Kier molecular flexibility index (Phi) is 1.43. The van der Waals surface area contributed by atoms with Gasteiger partial charge in [0, 0.05) is 0 Å². The van der Waals surface area contributed by atoms with Gasteiger partial charge in [-0.2, -0.15) is 10.5 Å². The molecule has 2 atom stereocenters. The standard InChI is InChI=1S/C5H2N2O3/c6-1-3-4(2-7)10-5(8)9-3/h3-4H. The molecular formula is C5H2N2O3. The second-order valence-corrected chi connectivity index (χ2v) is 1.59. The highest BCUT2D eigenvalue weighted by Gasteiger charge is 2.36. The van der Waals surface area contributed by atoms with E-state index in [1.165, 1.54) is 0 Å². The van der Waals surface area contributed by atoms with E-state index in [-0.39, 0.29) is 0 Å². The third-order valence-corrected chi connectivity index (χ3v) is 0.976. The largest absolute Gasteiger partial charge is 0.511 e. The van der Waals surface area contributed by atoms with Gasteiger partial charge in [-0.15, -0.1) is 0 Å². The number of nitrogens with zero attached hydrogens (tertiary/aromatic N) is 2. The zero-order chi connectivity index (χ0) is 7.56. The molecule has 5 nitrogen and oxygen atoms in total. The van der Waals surface area contributed by atoms with Gasteiger partial charge in [-0.25, -0.2) is 4.79 Å². The molecule has 0 radical (unpaired) electrons. The predicted octanol–water partition coefficient (Wildman–Crippen LogP) is -0.0624. The van der Waals surface area contributed by atoms with Gasteiger partial charge in [-0.05, 0) is 0 Å². The Morgan fingerprint density at radius 1 is 1.20 bits per heavy atom. The van der Waals surface area contributed by atoms with E-state index >= 15 is 0 Å². The molecule has 0 aromatic carbocycles. The van der Waals surface area contributed by atoms with Gasteiger partial charge in [0.1, 0.15) is 12.1 Å². The number of nitriles is 2. The third-order valence-electron chi connectivity index (χ3n) is 0.976. The summed E-state index contributed by atoms with van der Waals surface area (Å²) in [6.07, 6.45) is -3.10. The van der Waals surface area contributed by atoms with Crippen molar-refractivity contribution in [3.63, 3.8) is 0 Å². The lowest BCUT2D eigenvalue weighted by molar-refractivity contribution is 0.123. The van der Waals surface area contributed by atoms with Crippen LogP contribution >= 0.6 is 0 Å². The fourth-order valence-corrected chi connectivity index (χ4v) is 0.547. The first-order valence-corrected chi connectivity index (χ1v) is 2.44. The summed E-state index contributed by atoms with van der Waals surface area (Å²) in [5.74, 6) is 0. The average molecular weight is 138 g/mol. The van der Waals surface area contributed by atoms with Gasteiger partial charge in [0.15, 0.2) is 0 Å². The molecule has 0 amide bonds. The van der Waals surface area contributed by atoms with Crippen LogP contribution in [0.15, 0.2) is 0 Å². The number of carbonyl (C=O) groups excluding carboxylic acids is 1. The zero-order valence-electron chi connectivity index (χ0n) is 4.77. The minimum atomic E-state index is -1.07. The first-order valence-electron chi connectivity index (χ1n) is 2.44. The highest BCUT2D eigenvalue weighted by molar-refractivity contribution is 5.63. The van der Waals surface area contributed by atoms with Crippen molar-refractivity contribution in [2.24, 2.45) is 0 Å². The van der Waals surface area contributed by atoms with Gasteiger partial charge in [0.25, 0.3) is 0 Å². The average Bonchev–Trinajstić information content (AvgIpc) is 2.30. The lowest BCUT2D eigenvalue weighted by Gasteiger charge is -1.94. The molecular weight excluding hydrogens is 136 g/mol. The molecule has 5 heteroatoms. The molecule has 10 heavy (non-hydrogen) atoms. The normalized spacial score (nSPS) is 29.6. The fourth-order valence-electron chi connectivity index (χ4n) is 0.547. The lowest BCUT2D eigenvalue weighted by Crippen LogP contribution is -2.17. The SMILES string of the molecule is N#CC1OC(=O)OC1C#N. The number of rotatable bonds is 0. The Bertz CT molecular complexity index is 212. The van der Waals surface area contributed by atoms with E-state index in [1.54, 1.807) is 12.1 Å². The van der Waals surface area contributed by atoms with Gasteiger partial charge in [0.05, 0.1) is 0 Å². The lowest BCUT2D eigenvalue weighted by atomic mass is 10.2. The molecule has 0 aromatic rings. The Balaban J connectivity index is 2.71. The number of hydrogen-bond acceptors (Lipinski definition) is 5. The van der Waals surface area contributed by atoms with Crippen LogP contribution in [0.25, 0.3) is 0 Å². The maximum absolute atomic E-state index is 10.2. The third kappa shape index (κ3) is 0.848. The molecule has 0 aromatic heterocycles. The number of cyclic esters (lactones) is 2. The highest BCUT2D eigenvalue weighted by atomic mass is 16.8. The summed E-state index contributed by atoms with van der Waals surface area (Å²) in [5.41, 5.74) is 0. The van der Waals surface area contributed by atoms with Crippen LogP contribution in [0.4, 0.5) is 4.79 Å². The molecule has 0 N–H and O–H groups in total. The summed E-state index contributed by atoms with van der Waals surface area (Å²) >= 11 is 0. The van der Waals surface area contributed by atoms with Crippen molar-refractivity contribution in [1.29, 1.82) is 10.5 Å². The summed E-state index contributed by atoms with van der Waals surface area (Å²) in [4.78, 5) is 10.2. The maximum Gasteiger partial charge on any atom is 0.511 e. The zero-order valence-corrected chi connectivity index (χ0v) is 4.77. The molecule has 0 saturated carbocycles. The van der Waals surface area contributed by atoms with Gasteiger partial charge in [0.2, 0.25) is 12.2 Å². The number of ether oxygens (including phenoxy) is 2. The second-order valence-electron chi connectivity index (χ2n) is 1.59. The minimum Gasteiger partial charge on any atom is -0.410 e. The van der Waals surface area contributed by atoms with Crippen LogP contribution in [-0.2, 0) is 9.47 Å². The van der Waals surface area contributed by atoms with Crippen molar-refractivity contribution < 1.29 is 14.3 Å². The van der Waals surface area contributed by atoms with E-state index in [4.69, 9.17) is 10.5 Å². The molecule has 2 unspecified atom stereocenters. The quantitative estimate of drug-likeness (QED) is 0.438. The van der Waals surface area contributed by atoms with Crippen molar-refractivity contribution in [2.45, 2.75) is 12.2 Å². The van der Waals surface area contributed by atoms with Gasteiger partial charge in [-0.3, -0.25) is 0 Å². The van der Waals surface area contributed by atoms with Crippen LogP contribution in [-0.4, -0.2) is 18.4 Å². The Morgan fingerprint density at radius 3 is 1.90 bits per heavy atom. The van der Waals surface area contributed by atoms with Crippen LogP contribution < -0.4 is 0 Å². The molecule has 0 spiro atoms. The summed E-state index contributed by atoms with van der Waals surface area (Å²) in [6, 6.07) is 3.21. The van der Waals surface area contributed by atoms with Crippen LogP contribution in [0.3, 0.4) is 0 Å². The topological polar surface area (TPSA) is 83.1 Å². The molecule has 1 fully saturated rings. The van der Waals surface area contributed by atoms with E-state index in [0.29, 0.717) is 0 Å². The van der Waals surface area contributed by atoms with E-state index < -0.39 is 18.4 Å². The molecule has 1 rings (SSSR count). The Morgan fingerprint density at radius 2 is 1.60 bits per heavy atom. The smallest absolute Gasteiger partial charge is 0.410 e. The fraction of sp³-hybridized carbons (Fsp3) is 0.400. The maximum atomic E-state index is 10.2. The van der Waals surface area contributed by atoms with Crippen LogP contribution in [0.2, 0.25) is 0 Å². The number of carbonyl (C=O) groups is 1. The van der Waals surface area contributed by atoms with Crippen LogP contribution in [0, 0.1) is 22.7 Å². The summed E-state index contributed by atoms with van der Waals surface area (Å²) in [5, 5.41) is 16.5. The summed E-state index contributed by atoms with van der Waals surface area (Å²) in [7, 11) is 0. The Hall–Kier alpha value is -1.75. The van der Waals surface area contributed by atoms with Gasteiger partial charge >= 0.3 is 6.16 Å². The van der Waals surface area contributed by atoms with E-state index in [1.807, 2.05) is 0 Å². The second kappa shape index (κ2) is 2.24. The molecule has 50 valence electrons. The molecule has 1 aliphatic heterocycles. The van der Waals surface area contributed by atoms with E-state index in [9.17, 15) is 4.79 Å². The molecule has 1 aliphatic rings. The van der Waals surface area contributed by atoms with E-state index in [0.717, 1.165) is 0 Å². The number of hydrogen-bond donors (Lipinski definition) is 0. The molecule has 0 aliphatic carbocycles. The molecule has 1 heterocycles. The van der Waals surface area contributed by atoms with Crippen molar-refractivity contribution in [1.82, 2.24) is 0 Å². The predicted molar refractivity (Wildman–Crippen MR) is 26.4 cm³/mol. The minimum absolute atomic E-state index is 0.960. The van der Waals surface area contributed by atoms with Crippen molar-refractivity contribution >= 4 is 6.16 Å². The van der Waals surface area contributed by atoms with Gasteiger partial charge < -0.3 is 9.47 Å². The van der Waals surface area contributed by atoms with Crippen LogP contribution in [0.5, 0.6) is 0 Å². The summed E-state index contributed by atoms with van der Waals surface area (Å²) < 4.78 is 8.54. The van der Waals surface area contributed by atoms with E-state index in [2.05, 4.69) is 9.47 Å². The summed E-state index contributed by atoms with van der Waals surface area (Å²) in [6.45, 7) is 0. The van der Waals surface area contributed by atoms with Crippen molar-refractivity contribution in [3.05, 3.63) is 0 Å². The first kappa shape index (κ1) is 6.37. The Labute approximate surface area is 56.4 Å². The monoisotopic (exact) mass is 138 g/mol. The molecule has 0 bridgehead atoms. The highest BCUT2D eigenvalue weighted by Crippen LogP contribution is 2.12. The molecule has 1 saturated heterocycles. The van der Waals surface area contributed by atoms with Crippen LogP contribution in [0.1, 0.15) is 0 Å². The van der Waals surface area contributed by atoms with Gasteiger partial charge in [-0.1, -0.05) is 0 Å². The van der Waals surface area contributed by atoms with Crippen molar-refractivity contribution in [3.8, 4) is 12.1 Å². The van der Waals surface area contributed by atoms with Crippen molar-refractivity contribution in [2.75, 3.05) is 0 Å². The first-order chi connectivity index (χ1) is 4.77.